The van der Waals surface area contributed by atoms with Crippen molar-refractivity contribution in [3.8, 4) is 0 Å². The first-order chi connectivity index (χ1) is 8.02. The standard InChI is InChI=1S/C12H28N4O/c1-15(2)10-6-5-8-13-12(17)14-9-7-11-16(3)4/h5-11H2,1-4H3,(H2,13,14,17). The molecule has 0 aliphatic rings. The maximum Gasteiger partial charge on any atom is 0.314 e. The van der Waals surface area contributed by atoms with Crippen molar-refractivity contribution < 1.29 is 4.79 Å². The summed E-state index contributed by atoms with van der Waals surface area (Å²) in [5, 5.41) is 5.71. The number of urea groups is 1. The van der Waals surface area contributed by atoms with Crippen molar-refractivity contribution in [2.24, 2.45) is 0 Å². The van der Waals surface area contributed by atoms with Gasteiger partial charge in [0.05, 0.1) is 0 Å². The van der Waals surface area contributed by atoms with Gasteiger partial charge in [0.25, 0.3) is 0 Å². The zero-order chi connectivity index (χ0) is 13.1. The lowest BCUT2D eigenvalue weighted by Crippen LogP contribution is -2.37. The van der Waals surface area contributed by atoms with Crippen molar-refractivity contribution in [2.75, 3.05) is 54.4 Å². The number of carbonyl (C=O) groups excluding carboxylic acids is 1. The Morgan fingerprint density at radius 2 is 1.29 bits per heavy atom. The van der Waals surface area contributed by atoms with Gasteiger partial charge in [-0.15, -0.1) is 0 Å². The molecule has 0 rings (SSSR count). The third-order valence-electron chi connectivity index (χ3n) is 2.39. The Morgan fingerprint density at radius 3 is 1.82 bits per heavy atom. The van der Waals surface area contributed by atoms with Crippen LogP contribution in [0.3, 0.4) is 0 Å². The van der Waals surface area contributed by atoms with Crippen molar-refractivity contribution in [3.05, 3.63) is 0 Å². The van der Waals surface area contributed by atoms with Gasteiger partial charge in [0.15, 0.2) is 0 Å². The van der Waals surface area contributed by atoms with E-state index in [1.54, 1.807) is 0 Å². The summed E-state index contributed by atoms with van der Waals surface area (Å²) in [6.07, 6.45) is 3.14. The lowest BCUT2D eigenvalue weighted by atomic mass is 10.3. The number of amides is 2. The van der Waals surface area contributed by atoms with Crippen LogP contribution in [0.15, 0.2) is 0 Å². The minimum atomic E-state index is -0.0476. The van der Waals surface area contributed by atoms with Gasteiger partial charge in [-0.25, -0.2) is 4.79 Å². The number of hydrogen-bond donors (Lipinski definition) is 2. The zero-order valence-corrected chi connectivity index (χ0v) is 11.8. The molecule has 0 aliphatic carbocycles. The van der Waals surface area contributed by atoms with E-state index >= 15 is 0 Å². The summed E-state index contributed by atoms with van der Waals surface area (Å²) in [5.41, 5.74) is 0. The second-order valence-corrected chi connectivity index (χ2v) is 4.85. The Balaban J connectivity index is 3.23. The van der Waals surface area contributed by atoms with Crippen LogP contribution in [0.1, 0.15) is 19.3 Å². The summed E-state index contributed by atoms with van der Waals surface area (Å²) in [6.45, 7) is 3.57. The molecule has 5 heteroatoms. The van der Waals surface area contributed by atoms with Gasteiger partial charge >= 0.3 is 6.03 Å². The highest BCUT2D eigenvalue weighted by atomic mass is 16.2. The summed E-state index contributed by atoms with van der Waals surface area (Å²) in [7, 11) is 8.19. The number of carbonyl (C=O) groups is 1. The number of nitrogens with one attached hydrogen (secondary N) is 2. The number of unbranched alkanes of at least 4 members (excludes halogenated alkanes) is 1. The highest BCUT2D eigenvalue weighted by Gasteiger charge is 1.98. The Kier molecular flexibility index (Phi) is 9.86. The number of hydrogen-bond acceptors (Lipinski definition) is 3. The summed E-state index contributed by atoms with van der Waals surface area (Å²) < 4.78 is 0. The van der Waals surface area contributed by atoms with Crippen molar-refractivity contribution in [2.45, 2.75) is 19.3 Å². The Hall–Kier alpha value is -0.810. The maximum absolute atomic E-state index is 11.3. The van der Waals surface area contributed by atoms with E-state index in [4.69, 9.17) is 0 Å². The topological polar surface area (TPSA) is 47.6 Å². The van der Waals surface area contributed by atoms with E-state index in [1.165, 1.54) is 0 Å². The summed E-state index contributed by atoms with van der Waals surface area (Å²) in [5.74, 6) is 0. The highest BCUT2D eigenvalue weighted by Crippen LogP contribution is 1.88. The van der Waals surface area contributed by atoms with Crippen LogP contribution in [0.25, 0.3) is 0 Å². The minimum absolute atomic E-state index is 0.0476. The number of nitrogens with zero attached hydrogens (tertiary/aromatic N) is 2. The SMILES string of the molecule is CN(C)CCCCNC(=O)NCCCN(C)C. The molecule has 0 aromatic carbocycles. The molecule has 0 radical (unpaired) electrons. The molecule has 0 heterocycles. The molecule has 0 aliphatic heterocycles. The predicted octanol–water partition coefficient (Wildman–Crippen LogP) is 0.579. The molecule has 0 atom stereocenters. The van der Waals surface area contributed by atoms with Crippen LogP contribution in [0.5, 0.6) is 0 Å². The van der Waals surface area contributed by atoms with E-state index in [0.717, 1.165) is 45.4 Å². The quantitative estimate of drug-likeness (QED) is 0.583. The number of rotatable bonds is 9. The molecule has 0 fully saturated rings. The normalized spacial score (nSPS) is 10.9. The van der Waals surface area contributed by atoms with Crippen LogP contribution in [-0.2, 0) is 0 Å². The van der Waals surface area contributed by atoms with Crippen molar-refractivity contribution in [1.29, 1.82) is 0 Å². The van der Waals surface area contributed by atoms with Gasteiger partial charge in [-0.05, 0) is 60.5 Å². The summed E-state index contributed by atoms with van der Waals surface area (Å²) in [4.78, 5) is 15.6. The fourth-order valence-corrected chi connectivity index (χ4v) is 1.41. The molecule has 102 valence electrons. The molecule has 0 bridgehead atoms. The van der Waals surface area contributed by atoms with Gasteiger partial charge in [0.1, 0.15) is 0 Å². The lowest BCUT2D eigenvalue weighted by Gasteiger charge is -2.11. The molecule has 17 heavy (non-hydrogen) atoms. The zero-order valence-electron chi connectivity index (χ0n) is 11.8. The molecule has 5 nitrogen and oxygen atoms in total. The van der Waals surface area contributed by atoms with Crippen molar-refractivity contribution >= 4 is 6.03 Å². The average molecular weight is 244 g/mol. The van der Waals surface area contributed by atoms with Gasteiger partial charge in [-0.1, -0.05) is 0 Å². The van der Waals surface area contributed by atoms with Gasteiger partial charge < -0.3 is 20.4 Å². The van der Waals surface area contributed by atoms with E-state index in [-0.39, 0.29) is 6.03 Å². The Labute approximate surface area is 106 Å². The van der Waals surface area contributed by atoms with Crippen LogP contribution in [0.4, 0.5) is 4.79 Å². The second-order valence-electron chi connectivity index (χ2n) is 4.85. The first-order valence-corrected chi connectivity index (χ1v) is 6.33. The van der Waals surface area contributed by atoms with Crippen molar-refractivity contribution in [3.63, 3.8) is 0 Å². The van der Waals surface area contributed by atoms with Gasteiger partial charge in [-0.2, -0.15) is 0 Å². The van der Waals surface area contributed by atoms with Gasteiger partial charge in [0, 0.05) is 13.1 Å². The maximum atomic E-state index is 11.3. The smallest absolute Gasteiger partial charge is 0.314 e. The third-order valence-corrected chi connectivity index (χ3v) is 2.39. The molecule has 2 amide bonds. The van der Waals surface area contributed by atoms with Crippen LogP contribution >= 0.6 is 0 Å². The molecule has 2 N–H and O–H groups in total. The van der Waals surface area contributed by atoms with Crippen LogP contribution < -0.4 is 10.6 Å². The Bertz CT molecular complexity index is 195. The van der Waals surface area contributed by atoms with E-state index < -0.39 is 0 Å². The monoisotopic (exact) mass is 244 g/mol. The lowest BCUT2D eigenvalue weighted by molar-refractivity contribution is 0.240. The molecular weight excluding hydrogens is 216 g/mol. The van der Waals surface area contributed by atoms with Gasteiger partial charge in [-0.3, -0.25) is 0 Å². The predicted molar refractivity (Wildman–Crippen MR) is 72.4 cm³/mol. The minimum Gasteiger partial charge on any atom is -0.338 e. The molecule has 0 saturated carbocycles. The first kappa shape index (κ1) is 16.2. The average Bonchev–Trinajstić information content (AvgIpc) is 2.23. The molecular formula is C12H28N4O. The van der Waals surface area contributed by atoms with Crippen molar-refractivity contribution in [1.82, 2.24) is 20.4 Å². The molecule has 0 saturated heterocycles. The Morgan fingerprint density at radius 1 is 0.824 bits per heavy atom. The highest BCUT2D eigenvalue weighted by molar-refractivity contribution is 5.73. The molecule has 0 unspecified atom stereocenters. The van der Waals surface area contributed by atoms with Gasteiger partial charge in [0.2, 0.25) is 0 Å². The fourth-order valence-electron chi connectivity index (χ4n) is 1.41. The summed E-state index contributed by atoms with van der Waals surface area (Å²) in [6, 6.07) is -0.0476. The first-order valence-electron chi connectivity index (χ1n) is 6.33. The second kappa shape index (κ2) is 10.4. The summed E-state index contributed by atoms with van der Waals surface area (Å²) >= 11 is 0. The van der Waals surface area contributed by atoms with Crippen LogP contribution in [0.2, 0.25) is 0 Å². The largest absolute Gasteiger partial charge is 0.338 e. The van der Waals surface area contributed by atoms with E-state index in [1.807, 2.05) is 14.1 Å². The third kappa shape index (κ3) is 13.1. The van der Waals surface area contributed by atoms with E-state index in [0.29, 0.717) is 0 Å². The van der Waals surface area contributed by atoms with Crippen LogP contribution in [0, 0.1) is 0 Å². The fraction of sp³-hybridized carbons (Fsp3) is 0.917. The van der Waals surface area contributed by atoms with E-state index in [9.17, 15) is 4.79 Å². The molecule has 0 aromatic rings. The van der Waals surface area contributed by atoms with E-state index in [2.05, 4.69) is 34.5 Å². The molecule has 0 aromatic heterocycles. The molecule has 0 spiro atoms. The van der Waals surface area contributed by atoms with Crippen LogP contribution in [-0.4, -0.2) is 70.2 Å².